The van der Waals surface area contributed by atoms with E-state index >= 15 is 0 Å². The van der Waals surface area contributed by atoms with Crippen LogP contribution in [0.15, 0.2) is 0 Å². The van der Waals surface area contributed by atoms with Gasteiger partial charge in [0.05, 0.1) is 0 Å². The van der Waals surface area contributed by atoms with Gasteiger partial charge in [0.25, 0.3) is 5.91 Å². The molecule has 0 aromatic heterocycles. The summed E-state index contributed by atoms with van der Waals surface area (Å²) in [6.07, 6.45) is 1.21. The monoisotopic (exact) mass is 258 g/mol. The summed E-state index contributed by atoms with van der Waals surface area (Å²) >= 11 is 0. The molecule has 1 rings (SSSR count). The third-order valence-corrected chi connectivity index (χ3v) is 2.98. The normalized spacial score (nSPS) is 24.5. The van der Waals surface area contributed by atoms with Gasteiger partial charge in [-0.05, 0) is 26.2 Å². The quantitative estimate of drug-likeness (QED) is 0.587. The Morgan fingerprint density at radius 3 is 2.61 bits per heavy atom. The fourth-order valence-corrected chi connectivity index (χ4v) is 1.81. The molecule has 1 unspecified atom stereocenters. The van der Waals surface area contributed by atoms with Gasteiger partial charge >= 0.3 is 5.97 Å². The van der Waals surface area contributed by atoms with Gasteiger partial charge in [-0.1, -0.05) is 0 Å². The number of amides is 2. The third kappa shape index (κ3) is 3.69. The van der Waals surface area contributed by atoms with Crippen molar-refractivity contribution in [2.75, 3.05) is 6.61 Å². The maximum absolute atomic E-state index is 11.9. The molecule has 0 bridgehead atoms. The number of rotatable bonds is 6. The largest absolute Gasteiger partial charge is 0.480 e. The van der Waals surface area contributed by atoms with E-state index in [-0.39, 0.29) is 12.8 Å². The summed E-state index contributed by atoms with van der Waals surface area (Å²) in [5.41, 5.74) is 3.98. The number of aliphatic carboxylic acids is 1. The van der Waals surface area contributed by atoms with Crippen molar-refractivity contribution in [1.29, 1.82) is 0 Å². The van der Waals surface area contributed by atoms with Crippen molar-refractivity contribution in [3.63, 3.8) is 0 Å². The van der Waals surface area contributed by atoms with Crippen LogP contribution in [0.1, 0.15) is 32.6 Å². The second kappa shape index (κ2) is 5.81. The first-order chi connectivity index (χ1) is 8.35. The lowest BCUT2D eigenvalue weighted by Gasteiger charge is -2.24. The van der Waals surface area contributed by atoms with E-state index in [0.717, 1.165) is 6.42 Å². The first-order valence-electron chi connectivity index (χ1n) is 5.81. The van der Waals surface area contributed by atoms with Crippen LogP contribution in [0.25, 0.3) is 0 Å². The maximum Gasteiger partial charge on any atom is 0.326 e. The van der Waals surface area contributed by atoms with Crippen LogP contribution in [0, 0.1) is 0 Å². The van der Waals surface area contributed by atoms with E-state index in [1.807, 2.05) is 0 Å². The summed E-state index contributed by atoms with van der Waals surface area (Å²) in [5, 5.41) is 11.3. The minimum Gasteiger partial charge on any atom is -0.480 e. The summed E-state index contributed by atoms with van der Waals surface area (Å²) in [4.78, 5) is 33.5. The van der Waals surface area contributed by atoms with Gasteiger partial charge in [0.1, 0.15) is 11.6 Å². The molecular weight excluding hydrogens is 240 g/mol. The lowest BCUT2D eigenvalue weighted by molar-refractivity contribution is -0.147. The average molecular weight is 258 g/mol. The number of carboxylic acid groups (broad SMARTS) is 1. The number of hydrogen-bond acceptors (Lipinski definition) is 4. The van der Waals surface area contributed by atoms with Crippen LogP contribution in [0.5, 0.6) is 0 Å². The van der Waals surface area contributed by atoms with Crippen molar-refractivity contribution < 1.29 is 24.2 Å². The van der Waals surface area contributed by atoms with Gasteiger partial charge in [-0.15, -0.1) is 0 Å². The lowest BCUT2D eigenvalue weighted by atomic mass is 10.0. The Kier molecular flexibility index (Phi) is 4.66. The van der Waals surface area contributed by atoms with Gasteiger partial charge in [-0.3, -0.25) is 9.59 Å². The fraction of sp³-hybridized carbons (Fsp3) is 0.727. The number of nitrogens with two attached hydrogens (primary N) is 1. The zero-order valence-electron chi connectivity index (χ0n) is 10.3. The molecule has 0 spiro atoms. The molecule has 18 heavy (non-hydrogen) atoms. The summed E-state index contributed by atoms with van der Waals surface area (Å²) in [5.74, 6) is -2.25. The predicted molar refractivity (Wildman–Crippen MR) is 61.6 cm³/mol. The van der Waals surface area contributed by atoms with E-state index in [4.69, 9.17) is 15.6 Å². The van der Waals surface area contributed by atoms with E-state index < -0.39 is 29.4 Å². The molecule has 0 aromatic rings. The zero-order valence-corrected chi connectivity index (χ0v) is 10.3. The van der Waals surface area contributed by atoms with Crippen LogP contribution in [-0.2, 0) is 19.1 Å². The smallest absolute Gasteiger partial charge is 0.326 e. The standard InChI is InChI=1S/C11H18N2O5/c1-11(5-2-6-18-11)10(17)13-7(9(15)16)3-4-8(12)14/h7H,2-6H2,1H3,(H2,12,14)(H,13,17)(H,15,16)/t7-,11?/m1/s1. The number of carbonyl (C=O) groups excluding carboxylic acids is 2. The number of carbonyl (C=O) groups is 3. The molecule has 7 nitrogen and oxygen atoms in total. The zero-order chi connectivity index (χ0) is 13.8. The predicted octanol–water partition coefficient (Wildman–Crippen LogP) is -0.610. The Hall–Kier alpha value is -1.63. The topological polar surface area (TPSA) is 119 Å². The van der Waals surface area contributed by atoms with Crippen molar-refractivity contribution in [3.05, 3.63) is 0 Å². The number of hydrogen-bond donors (Lipinski definition) is 3. The average Bonchev–Trinajstić information content (AvgIpc) is 2.71. The van der Waals surface area contributed by atoms with E-state index in [2.05, 4.69) is 5.32 Å². The number of primary amides is 1. The Labute approximate surface area is 105 Å². The Balaban J connectivity index is 2.57. The van der Waals surface area contributed by atoms with Gasteiger partial charge < -0.3 is 20.9 Å². The van der Waals surface area contributed by atoms with E-state index in [9.17, 15) is 14.4 Å². The summed E-state index contributed by atoms with van der Waals surface area (Å²) in [7, 11) is 0. The van der Waals surface area contributed by atoms with Crippen LogP contribution in [0.2, 0.25) is 0 Å². The SMILES string of the molecule is CC1(C(=O)N[C@H](CCC(N)=O)C(=O)O)CCCO1. The highest BCUT2D eigenvalue weighted by atomic mass is 16.5. The Morgan fingerprint density at radius 1 is 1.50 bits per heavy atom. The minimum atomic E-state index is -1.19. The van der Waals surface area contributed by atoms with E-state index in [1.165, 1.54) is 0 Å². The van der Waals surface area contributed by atoms with Crippen LogP contribution < -0.4 is 11.1 Å². The van der Waals surface area contributed by atoms with E-state index in [0.29, 0.717) is 13.0 Å². The third-order valence-electron chi connectivity index (χ3n) is 2.98. The highest BCUT2D eigenvalue weighted by Gasteiger charge is 2.39. The molecule has 1 aliphatic rings. The molecule has 0 saturated carbocycles. The molecule has 2 atom stereocenters. The molecule has 102 valence electrons. The molecule has 0 radical (unpaired) electrons. The van der Waals surface area contributed by atoms with Gasteiger partial charge in [0.15, 0.2) is 0 Å². The molecule has 0 aromatic carbocycles. The molecular formula is C11H18N2O5. The first kappa shape index (κ1) is 14.4. The highest BCUT2D eigenvalue weighted by Crippen LogP contribution is 2.25. The van der Waals surface area contributed by atoms with Crippen molar-refractivity contribution in [1.82, 2.24) is 5.32 Å². The minimum absolute atomic E-state index is 0.0213. The van der Waals surface area contributed by atoms with Gasteiger partial charge in [0.2, 0.25) is 5.91 Å². The highest BCUT2D eigenvalue weighted by molar-refractivity contribution is 5.89. The van der Waals surface area contributed by atoms with Crippen molar-refractivity contribution in [2.45, 2.75) is 44.2 Å². The second-order valence-electron chi connectivity index (χ2n) is 4.55. The second-order valence-corrected chi connectivity index (χ2v) is 4.55. The van der Waals surface area contributed by atoms with Gasteiger partial charge in [-0.2, -0.15) is 0 Å². The van der Waals surface area contributed by atoms with Crippen LogP contribution in [-0.4, -0.2) is 41.1 Å². The summed E-state index contributed by atoms with van der Waals surface area (Å²) in [6, 6.07) is -1.12. The Bertz CT molecular complexity index is 349. The first-order valence-corrected chi connectivity index (χ1v) is 5.81. The van der Waals surface area contributed by atoms with E-state index in [1.54, 1.807) is 6.92 Å². The van der Waals surface area contributed by atoms with Gasteiger partial charge in [0, 0.05) is 13.0 Å². The summed E-state index contributed by atoms with van der Waals surface area (Å²) in [6.45, 7) is 2.12. The molecule has 1 saturated heterocycles. The molecule has 7 heteroatoms. The number of nitrogens with one attached hydrogen (secondary N) is 1. The molecule has 1 aliphatic heterocycles. The lowest BCUT2D eigenvalue weighted by Crippen LogP contribution is -2.50. The number of ether oxygens (including phenoxy) is 1. The number of carboxylic acids is 1. The van der Waals surface area contributed by atoms with Crippen LogP contribution in [0.4, 0.5) is 0 Å². The molecule has 1 fully saturated rings. The van der Waals surface area contributed by atoms with Crippen molar-refractivity contribution in [3.8, 4) is 0 Å². The Morgan fingerprint density at radius 2 is 2.17 bits per heavy atom. The van der Waals surface area contributed by atoms with Gasteiger partial charge in [-0.25, -0.2) is 4.79 Å². The molecule has 1 heterocycles. The van der Waals surface area contributed by atoms with Crippen LogP contribution in [0.3, 0.4) is 0 Å². The molecule has 4 N–H and O–H groups in total. The summed E-state index contributed by atoms with van der Waals surface area (Å²) < 4.78 is 5.31. The maximum atomic E-state index is 11.9. The molecule has 2 amide bonds. The van der Waals surface area contributed by atoms with Crippen molar-refractivity contribution in [2.24, 2.45) is 5.73 Å². The van der Waals surface area contributed by atoms with Crippen LogP contribution >= 0.6 is 0 Å². The fourth-order valence-electron chi connectivity index (χ4n) is 1.81. The van der Waals surface area contributed by atoms with Crippen molar-refractivity contribution >= 4 is 17.8 Å². The molecule has 0 aliphatic carbocycles.